The van der Waals surface area contributed by atoms with E-state index in [2.05, 4.69) is 16.8 Å². The molecule has 2 heterocycles. The third-order valence-electron chi connectivity index (χ3n) is 2.91. The Kier molecular flexibility index (Phi) is 3.36. The third kappa shape index (κ3) is 2.49. The van der Waals surface area contributed by atoms with E-state index in [4.69, 9.17) is 5.73 Å². The predicted molar refractivity (Wildman–Crippen MR) is 71.1 cm³/mol. The zero-order valence-electron chi connectivity index (χ0n) is 10.9. The number of carbonyl (C=O) groups excluding carboxylic acids is 2. The fraction of sp³-hybridized carbons (Fsp3) is 0.357. The molecule has 5 nitrogen and oxygen atoms in total. The zero-order valence-corrected chi connectivity index (χ0v) is 10.9. The number of hydrogen-bond acceptors (Lipinski definition) is 4. The molecular weight excluding hydrogens is 242 g/mol. The Hall–Kier alpha value is -2.19. The van der Waals surface area contributed by atoms with Gasteiger partial charge in [-0.2, -0.15) is 0 Å². The van der Waals surface area contributed by atoms with Crippen molar-refractivity contribution < 1.29 is 9.59 Å². The molecular formula is C14H15N3O2. The minimum absolute atomic E-state index is 0.201. The molecule has 2 amide bonds. The molecule has 19 heavy (non-hydrogen) atoms. The summed E-state index contributed by atoms with van der Waals surface area (Å²) in [7, 11) is 0. The molecule has 2 rings (SSSR count). The maximum atomic E-state index is 12.2. The quantitative estimate of drug-likeness (QED) is 0.593. The Morgan fingerprint density at radius 3 is 2.74 bits per heavy atom. The normalized spacial score (nSPS) is 17.3. The molecule has 0 aliphatic carbocycles. The second kappa shape index (κ2) is 4.82. The van der Waals surface area contributed by atoms with Gasteiger partial charge < -0.3 is 5.73 Å². The van der Waals surface area contributed by atoms with Gasteiger partial charge in [0.25, 0.3) is 0 Å². The minimum atomic E-state index is -0.669. The number of amides is 2. The molecule has 1 aromatic heterocycles. The van der Waals surface area contributed by atoms with Gasteiger partial charge in [0.15, 0.2) is 0 Å². The lowest BCUT2D eigenvalue weighted by Crippen LogP contribution is -2.33. The van der Waals surface area contributed by atoms with E-state index in [-0.39, 0.29) is 24.8 Å². The van der Waals surface area contributed by atoms with Crippen LogP contribution < -0.4 is 10.6 Å². The first-order chi connectivity index (χ1) is 8.95. The number of pyridine rings is 1. The lowest BCUT2D eigenvalue weighted by molar-refractivity contribution is -0.124. The summed E-state index contributed by atoms with van der Waals surface area (Å²) in [6.45, 7) is 3.75. The van der Waals surface area contributed by atoms with E-state index in [9.17, 15) is 9.59 Å². The summed E-state index contributed by atoms with van der Waals surface area (Å²) < 4.78 is 0. The van der Waals surface area contributed by atoms with Crippen molar-refractivity contribution in [1.82, 2.24) is 4.98 Å². The van der Waals surface area contributed by atoms with Crippen LogP contribution in [-0.4, -0.2) is 23.3 Å². The van der Waals surface area contributed by atoms with Gasteiger partial charge in [-0.1, -0.05) is 25.8 Å². The number of anilines is 1. The Morgan fingerprint density at radius 1 is 1.42 bits per heavy atom. The monoisotopic (exact) mass is 257 g/mol. The van der Waals surface area contributed by atoms with Crippen LogP contribution in [0, 0.1) is 17.3 Å². The van der Waals surface area contributed by atoms with Gasteiger partial charge in [-0.25, -0.2) is 9.88 Å². The van der Waals surface area contributed by atoms with Crippen LogP contribution in [0.15, 0.2) is 18.2 Å². The van der Waals surface area contributed by atoms with Crippen molar-refractivity contribution in [2.45, 2.75) is 20.3 Å². The molecule has 0 radical (unpaired) electrons. The van der Waals surface area contributed by atoms with Crippen LogP contribution in [0.1, 0.15) is 26.0 Å². The van der Waals surface area contributed by atoms with Crippen molar-refractivity contribution in [2.75, 3.05) is 11.4 Å². The number of nitrogens with zero attached hydrogens (tertiary/aromatic N) is 2. The molecule has 98 valence electrons. The molecule has 1 fully saturated rings. The van der Waals surface area contributed by atoms with Crippen LogP contribution in [0.3, 0.4) is 0 Å². The van der Waals surface area contributed by atoms with Gasteiger partial charge in [0.05, 0.1) is 12.0 Å². The average Bonchev–Trinajstić information content (AvgIpc) is 2.56. The number of imide groups is 1. The molecule has 1 aliphatic heterocycles. The Bertz CT molecular complexity index is 596. The van der Waals surface area contributed by atoms with Crippen LogP contribution in [0.4, 0.5) is 5.82 Å². The van der Waals surface area contributed by atoms with E-state index >= 15 is 0 Å². The van der Waals surface area contributed by atoms with Gasteiger partial charge in [-0.3, -0.25) is 9.59 Å². The summed E-state index contributed by atoms with van der Waals surface area (Å²) in [5, 5.41) is 0. The molecule has 0 aromatic carbocycles. The highest BCUT2D eigenvalue weighted by molar-refractivity contribution is 6.21. The fourth-order valence-corrected chi connectivity index (χ4v) is 1.94. The second-order valence-corrected chi connectivity index (χ2v) is 4.98. The smallest absolute Gasteiger partial charge is 0.241 e. The minimum Gasteiger partial charge on any atom is -0.320 e. The summed E-state index contributed by atoms with van der Waals surface area (Å²) >= 11 is 0. The van der Waals surface area contributed by atoms with Crippen molar-refractivity contribution >= 4 is 17.6 Å². The molecule has 0 bridgehead atoms. The van der Waals surface area contributed by atoms with Crippen molar-refractivity contribution in [2.24, 2.45) is 11.1 Å². The standard InChI is InChI=1S/C14H15N3O2/c1-14(2)9-12(18)17(13(14)19)11-7-3-5-10(16-11)6-4-8-15/h3,5,7H,8-9,15H2,1-2H3. The van der Waals surface area contributed by atoms with E-state index in [1.54, 1.807) is 32.0 Å². The molecule has 0 spiro atoms. The van der Waals surface area contributed by atoms with Crippen LogP contribution in [-0.2, 0) is 9.59 Å². The molecule has 2 N–H and O–H groups in total. The van der Waals surface area contributed by atoms with E-state index in [1.165, 1.54) is 0 Å². The first-order valence-corrected chi connectivity index (χ1v) is 5.99. The summed E-state index contributed by atoms with van der Waals surface area (Å²) in [5.41, 5.74) is 5.12. The number of nitrogens with two attached hydrogens (primary N) is 1. The second-order valence-electron chi connectivity index (χ2n) is 4.98. The summed E-state index contributed by atoms with van der Waals surface area (Å²) in [6, 6.07) is 5.06. The van der Waals surface area contributed by atoms with Crippen molar-refractivity contribution in [3.8, 4) is 11.8 Å². The number of aromatic nitrogens is 1. The van der Waals surface area contributed by atoms with Gasteiger partial charge in [0.2, 0.25) is 11.8 Å². The highest BCUT2D eigenvalue weighted by atomic mass is 16.2. The number of rotatable bonds is 1. The SMILES string of the molecule is CC1(C)CC(=O)N(c2cccc(C#CCN)n2)C1=O. The summed E-state index contributed by atoms with van der Waals surface area (Å²) in [5.74, 6) is 5.34. The average molecular weight is 257 g/mol. The lowest BCUT2D eigenvalue weighted by Gasteiger charge is -2.16. The maximum Gasteiger partial charge on any atom is 0.241 e. The Balaban J connectivity index is 2.37. The van der Waals surface area contributed by atoms with E-state index in [1.807, 2.05) is 0 Å². The molecule has 0 atom stereocenters. The van der Waals surface area contributed by atoms with Crippen LogP contribution in [0.5, 0.6) is 0 Å². The van der Waals surface area contributed by atoms with Crippen LogP contribution in [0.25, 0.3) is 0 Å². The van der Waals surface area contributed by atoms with Crippen LogP contribution >= 0.6 is 0 Å². The van der Waals surface area contributed by atoms with Crippen molar-refractivity contribution in [1.29, 1.82) is 0 Å². The zero-order chi connectivity index (χ0) is 14.0. The molecule has 0 saturated carbocycles. The molecule has 0 unspecified atom stereocenters. The fourth-order valence-electron chi connectivity index (χ4n) is 1.94. The predicted octanol–water partition coefficient (Wildman–Crippen LogP) is 0.681. The molecule has 1 aliphatic rings. The van der Waals surface area contributed by atoms with Crippen molar-refractivity contribution in [3.63, 3.8) is 0 Å². The van der Waals surface area contributed by atoms with E-state index in [0.717, 1.165) is 4.90 Å². The van der Waals surface area contributed by atoms with Gasteiger partial charge >= 0.3 is 0 Å². The summed E-state index contributed by atoms with van der Waals surface area (Å²) in [6.07, 6.45) is 0.201. The molecule has 1 aromatic rings. The summed E-state index contributed by atoms with van der Waals surface area (Å²) in [4.78, 5) is 29.5. The third-order valence-corrected chi connectivity index (χ3v) is 2.91. The number of carbonyl (C=O) groups is 2. The Morgan fingerprint density at radius 2 is 2.16 bits per heavy atom. The highest BCUT2D eigenvalue weighted by Gasteiger charge is 2.46. The van der Waals surface area contributed by atoms with Gasteiger partial charge in [0, 0.05) is 6.42 Å². The van der Waals surface area contributed by atoms with Crippen LogP contribution in [0.2, 0.25) is 0 Å². The first-order valence-electron chi connectivity index (χ1n) is 5.99. The molecule has 1 saturated heterocycles. The van der Waals surface area contributed by atoms with Gasteiger partial charge in [0.1, 0.15) is 11.5 Å². The number of hydrogen-bond donors (Lipinski definition) is 1. The Labute approximate surface area is 111 Å². The lowest BCUT2D eigenvalue weighted by atomic mass is 9.92. The van der Waals surface area contributed by atoms with E-state index < -0.39 is 5.41 Å². The van der Waals surface area contributed by atoms with Crippen molar-refractivity contribution in [3.05, 3.63) is 23.9 Å². The first kappa shape index (κ1) is 13.2. The topological polar surface area (TPSA) is 76.3 Å². The molecule has 5 heteroatoms. The van der Waals surface area contributed by atoms with E-state index in [0.29, 0.717) is 11.5 Å². The van der Waals surface area contributed by atoms with Gasteiger partial charge in [-0.05, 0) is 18.1 Å². The highest BCUT2D eigenvalue weighted by Crippen LogP contribution is 2.34. The maximum absolute atomic E-state index is 12.2. The largest absolute Gasteiger partial charge is 0.320 e. The van der Waals surface area contributed by atoms with Gasteiger partial charge in [-0.15, -0.1) is 0 Å².